The lowest BCUT2D eigenvalue weighted by molar-refractivity contribution is -0.124. The molecule has 6 heteroatoms. The van der Waals surface area contributed by atoms with Crippen LogP contribution in [-0.4, -0.2) is 35.0 Å². The van der Waals surface area contributed by atoms with Crippen molar-refractivity contribution in [2.75, 3.05) is 13.1 Å². The summed E-state index contributed by atoms with van der Waals surface area (Å²) in [6.07, 6.45) is 4.35. The second-order valence-corrected chi connectivity index (χ2v) is 6.41. The molecule has 24 heavy (non-hydrogen) atoms. The highest BCUT2D eigenvalue weighted by Gasteiger charge is 2.34. The van der Waals surface area contributed by atoms with Gasteiger partial charge in [-0.25, -0.2) is 0 Å². The average molecular weight is 344 g/mol. The Balaban J connectivity index is 1.92. The van der Waals surface area contributed by atoms with Gasteiger partial charge >= 0.3 is 0 Å². The smallest absolute Gasteiger partial charge is 0.293 e. The van der Waals surface area contributed by atoms with E-state index in [1.807, 2.05) is 31.2 Å². The van der Waals surface area contributed by atoms with Crippen molar-refractivity contribution in [3.8, 4) is 0 Å². The Kier molecular flexibility index (Phi) is 6.37. The number of allylic oxidation sites excluding steroid dienone is 1. The van der Waals surface area contributed by atoms with Gasteiger partial charge in [-0.1, -0.05) is 35.9 Å². The second kappa shape index (κ2) is 8.49. The molecule has 1 N–H and O–H groups in total. The number of rotatable bonds is 7. The zero-order valence-electron chi connectivity index (χ0n) is 13.6. The first kappa shape index (κ1) is 18.0. The minimum absolute atomic E-state index is 0.114. The zero-order valence-corrected chi connectivity index (χ0v) is 14.4. The summed E-state index contributed by atoms with van der Waals surface area (Å²) in [5.41, 5.74) is 2.01. The summed E-state index contributed by atoms with van der Waals surface area (Å²) in [5.74, 6) is -0.428. The predicted molar refractivity (Wildman–Crippen MR) is 96.3 cm³/mol. The summed E-state index contributed by atoms with van der Waals surface area (Å²) in [6, 6.07) is 7.72. The van der Waals surface area contributed by atoms with Crippen LogP contribution >= 0.6 is 11.8 Å². The van der Waals surface area contributed by atoms with Gasteiger partial charge in [-0.05, 0) is 36.7 Å². The van der Waals surface area contributed by atoms with Crippen LogP contribution in [0.15, 0.2) is 41.8 Å². The average Bonchev–Trinajstić information content (AvgIpc) is 2.82. The quantitative estimate of drug-likeness (QED) is 0.610. The molecule has 0 aliphatic carbocycles. The molecule has 3 amide bonds. The first-order chi connectivity index (χ1) is 11.5. The van der Waals surface area contributed by atoms with E-state index in [0.717, 1.165) is 22.9 Å². The summed E-state index contributed by atoms with van der Waals surface area (Å²) in [7, 11) is 0. The molecule has 0 spiro atoms. The maximum absolute atomic E-state index is 12.3. The van der Waals surface area contributed by atoms with E-state index in [0.29, 0.717) is 17.7 Å². The Hall–Kier alpha value is -2.34. The number of benzene rings is 1. The number of aryl methyl sites for hydroxylation is 1. The van der Waals surface area contributed by atoms with Crippen molar-refractivity contribution in [2.45, 2.75) is 19.8 Å². The number of hydrogen-bond donors (Lipinski definition) is 1. The summed E-state index contributed by atoms with van der Waals surface area (Å²) < 4.78 is 0. The first-order valence-electron chi connectivity index (χ1n) is 7.71. The van der Waals surface area contributed by atoms with E-state index >= 15 is 0 Å². The van der Waals surface area contributed by atoms with E-state index in [1.165, 1.54) is 4.90 Å². The van der Waals surface area contributed by atoms with Gasteiger partial charge in [0.25, 0.3) is 11.1 Å². The third-order valence-electron chi connectivity index (χ3n) is 3.48. The number of nitrogens with zero attached hydrogens (tertiary/aromatic N) is 1. The van der Waals surface area contributed by atoms with E-state index in [1.54, 1.807) is 12.2 Å². The molecule has 1 aromatic carbocycles. The summed E-state index contributed by atoms with van der Waals surface area (Å²) >= 11 is 0.926. The molecule has 1 aliphatic rings. The molecule has 0 bridgehead atoms. The molecule has 1 aromatic rings. The van der Waals surface area contributed by atoms with Gasteiger partial charge in [-0.15, -0.1) is 6.58 Å². The van der Waals surface area contributed by atoms with Crippen molar-refractivity contribution in [3.63, 3.8) is 0 Å². The predicted octanol–water partition coefficient (Wildman–Crippen LogP) is 3.11. The Morgan fingerprint density at radius 1 is 1.29 bits per heavy atom. The standard InChI is InChI=1S/C18H20N2O3S/c1-3-4-5-16(21)19-10-11-20-17(22)15(24-18(20)23)12-14-8-6-13(2)7-9-14/h3,6-9,12H,1,4-5,10-11H2,2H3,(H,19,21)/b15-12-. The van der Waals surface area contributed by atoms with Gasteiger partial charge < -0.3 is 5.32 Å². The van der Waals surface area contributed by atoms with Gasteiger partial charge in [0, 0.05) is 19.5 Å². The van der Waals surface area contributed by atoms with Crippen molar-refractivity contribution in [3.05, 3.63) is 53.0 Å². The lowest BCUT2D eigenvalue weighted by Crippen LogP contribution is -2.37. The van der Waals surface area contributed by atoms with Crippen LogP contribution in [0, 0.1) is 6.92 Å². The molecule has 0 radical (unpaired) electrons. The Morgan fingerprint density at radius 2 is 2.00 bits per heavy atom. The number of hydrogen-bond acceptors (Lipinski definition) is 4. The van der Waals surface area contributed by atoms with E-state index < -0.39 is 0 Å². The van der Waals surface area contributed by atoms with Crippen molar-refractivity contribution < 1.29 is 14.4 Å². The molecule has 1 fully saturated rings. The Bertz CT molecular complexity index is 680. The fourth-order valence-electron chi connectivity index (χ4n) is 2.14. The highest BCUT2D eigenvalue weighted by molar-refractivity contribution is 8.18. The molecule has 5 nitrogen and oxygen atoms in total. The largest absolute Gasteiger partial charge is 0.354 e. The maximum Gasteiger partial charge on any atom is 0.293 e. The van der Waals surface area contributed by atoms with Gasteiger partial charge in [-0.3, -0.25) is 19.3 Å². The summed E-state index contributed by atoms with van der Waals surface area (Å²) in [6.45, 7) is 5.98. The number of carbonyl (C=O) groups is 3. The van der Waals surface area contributed by atoms with E-state index in [9.17, 15) is 14.4 Å². The van der Waals surface area contributed by atoms with E-state index in [2.05, 4.69) is 11.9 Å². The lowest BCUT2D eigenvalue weighted by atomic mass is 10.1. The van der Waals surface area contributed by atoms with Gasteiger partial charge in [0.15, 0.2) is 0 Å². The van der Waals surface area contributed by atoms with Crippen molar-refractivity contribution in [1.29, 1.82) is 0 Å². The normalized spacial score (nSPS) is 15.9. The number of thioether (sulfide) groups is 1. The fraction of sp³-hybridized carbons (Fsp3) is 0.278. The highest BCUT2D eigenvalue weighted by atomic mass is 32.2. The van der Waals surface area contributed by atoms with Gasteiger partial charge in [0.2, 0.25) is 5.91 Å². The molecular weight excluding hydrogens is 324 g/mol. The summed E-state index contributed by atoms with van der Waals surface area (Å²) in [4.78, 5) is 37.4. The van der Waals surface area contributed by atoms with Crippen LogP contribution in [0.1, 0.15) is 24.0 Å². The molecule has 0 aromatic heterocycles. The molecule has 0 unspecified atom stereocenters. The van der Waals surface area contributed by atoms with E-state index in [-0.39, 0.29) is 30.1 Å². The third kappa shape index (κ3) is 4.83. The zero-order chi connectivity index (χ0) is 17.5. The summed E-state index contributed by atoms with van der Waals surface area (Å²) in [5, 5.41) is 2.39. The monoisotopic (exact) mass is 344 g/mol. The van der Waals surface area contributed by atoms with Crippen LogP contribution in [0.25, 0.3) is 6.08 Å². The van der Waals surface area contributed by atoms with Crippen LogP contribution in [-0.2, 0) is 9.59 Å². The third-order valence-corrected chi connectivity index (χ3v) is 4.39. The SMILES string of the molecule is C=CCCC(=O)NCCN1C(=O)S/C(=C\c2ccc(C)cc2)C1=O. The van der Waals surface area contributed by atoms with E-state index in [4.69, 9.17) is 0 Å². The Morgan fingerprint density at radius 3 is 2.67 bits per heavy atom. The van der Waals surface area contributed by atoms with Crippen molar-refractivity contribution in [2.24, 2.45) is 0 Å². The van der Waals surface area contributed by atoms with Crippen LogP contribution in [0.3, 0.4) is 0 Å². The number of carbonyl (C=O) groups excluding carboxylic acids is 3. The van der Waals surface area contributed by atoms with Crippen molar-refractivity contribution >= 4 is 34.9 Å². The Labute approximate surface area is 145 Å². The van der Waals surface area contributed by atoms with Crippen molar-refractivity contribution in [1.82, 2.24) is 10.2 Å². The molecule has 1 heterocycles. The molecule has 0 atom stereocenters. The molecule has 0 saturated carbocycles. The number of nitrogens with one attached hydrogen (secondary N) is 1. The van der Waals surface area contributed by atoms with Gasteiger partial charge in [0.1, 0.15) is 0 Å². The maximum atomic E-state index is 12.3. The highest BCUT2D eigenvalue weighted by Crippen LogP contribution is 2.31. The first-order valence-corrected chi connectivity index (χ1v) is 8.52. The minimum Gasteiger partial charge on any atom is -0.354 e. The van der Waals surface area contributed by atoms with Crippen LogP contribution < -0.4 is 5.32 Å². The fourth-order valence-corrected chi connectivity index (χ4v) is 3.00. The molecule has 2 rings (SSSR count). The number of amides is 3. The molecule has 1 saturated heterocycles. The molecular formula is C18H20N2O3S. The van der Waals surface area contributed by atoms with Gasteiger partial charge in [-0.2, -0.15) is 0 Å². The van der Waals surface area contributed by atoms with Gasteiger partial charge in [0.05, 0.1) is 4.91 Å². The topological polar surface area (TPSA) is 66.5 Å². The molecule has 1 aliphatic heterocycles. The molecule has 126 valence electrons. The second-order valence-electron chi connectivity index (χ2n) is 5.42. The van der Waals surface area contributed by atoms with Crippen LogP contribution in [0.4, 0.5) is 4.79 Å². The minimum atomic E-state index is -0.314. The lowest BCUT2D eigenvalue weighted by Gasteiger charge is -2.12. The van der Waals surface area contributed by atoms with Crippen LogP contribution in [0.2, 0.25) is 0 Å². The number of imide groups is 1. The van der Waals surface area contributed by atoms with Crippen LogP contribution in [0.5, 0.6) is 0 Å².